The topological polar surface area (TPSA) is 151 Å². The first-order valence-corrected chi connectivity index (χ1v) is 20.7. The number of primary amides is 1. The first-order chi connectivity index (χ1) is 29.4. The average Bonchev–Trinajstić information content (AvgIpc) is 3.52. The van der Waals surface area contributed by atoms with Crippen molar-refractivity contribution in [3.8, 4) is 11.1 Å². The molecular weight excluding hydrogens is 816 g/mol. The van der Waals surface area contributed by atoms with Crippen LogP contribution < -0.4 is 20.9 Å². The molecule has 2 amide bonds. The lowest BCUT2D eigenvalue weighted by atomic mass is 9.94. The molecule has 7 aromatic rings. The molecule has 2 aliphatic carbocycles. The summed E-state index contributed by atoms with van der Waals surface area (Å²) in [5.74, 6) is -2.93. The van der Waals surface area contributed by atoms with Crippen LogP contribution in [0.4, 0.5) is 33.0 Å². The number of alkyl halides is 2. The molecule has 1 saturated heterocycles. The van der Waals surface area contributed by atoms with Crippen molar-refractivity contribution in [3.05, 3.63) is 118 Å². The Kier molecular flexibility index (Phi) is 9.68. The van der Waals surface area contributed by atoms with Crippen molar-refractivity contribution in [2.75, 3.05) is 36.0 Å². The maximum atomic E-state index is 14.9. The van der Waals surface area contributed by atoms with Crippen LogP contribution in [0.3, 0.4) is 0 Å². The summed E-state index contributed by atoms with van der Waals surface area (Å²) in [6, 6.07) is 15.4. The Hall–Kier alpha value is -6.43. The van der Waals surface area contributed by atoms with Gasteiger partial charge in [0.2, 0.25) is 11.9 Å². The van der Waals surface area contributed by atoms with E-state index >= 15 is 0 Å². The van der Waals surface area contributed by atoms with Crippen molar-refractivity contribution in [2.24, 2.45) is 11.7 Å². The Balaban J connectivity index is 1.02. The Labute approximate surface area is 348 Å². The number of nitrogens with two attached hydrogens (primary N) is 1. The molecule has 1 saturated carbocycles. The number of amides is 2. The number of aromatic amines is 1. The molecule has 4 aromatic heterocycles. The first-order valence-electron chi connectivity index (χ1n) is 19.9. The zero-order chi connectivity index (χ0) is 42.1. The molecular formula is C43H37F5N10O2S. The van der Waals surface area contributed by atoms with Gasteiger partial charge in [0, 0.05) is 55.0 Å². The number of benzene rings is 3. The maximum Gasteiger partial charge on any atom is 0.282 e. The van der Waals surface area contributed by atoms with Gasteiger partial charge in [-0.3, -0.25) is 14.3 Å². The van der Waals surface area contributed by atoms with Gasteiger partial charge in [0.1, 0.15) is 29.7 Å². The fourth-order valence-corrected chi connectivity index (χ4v) is 9.86. The summed E-state index contributed by atoms with van der Waals surface area (Å²) in [6.07, 6.45) is -0.901. The van der Waals surface area contributed by atoms with Crippen molar-refractivity contribution < 1.29 is 31.5 Å². The Bertz CT molecular complexity index is 2820. The van der Waals surface area contributed by atoms with Crippen LogP contribution in [0.15, 0.2) is 66.7 Å². The number of piperazine rings is 1. The molecule has 12 nitrogen and oxygen atoms in total. The predicted octanol–water partition coefficient (Wildman–Crippen LogP) is 7.36. The summed E-state index contributed by atoms with van der Waals surface area (Å²) in [5, 5.41) is 7.84. The second kappa shape index (κ2) is 15.2. The number of fused-ring (bicyclic) bond motifs is 5. The molecule has 0 spiro atoms. The number of halogens is 5. The van der Waals surface area contributed by atoms with Gasteiger partial charge < -0.3 is 25.8 Å². The maximum absolute atomic E-state index is 14.9. The van der Waals surface area contributed by atoms with E-state index in [2.05, 4.69) is 25.2 Å². The average molecular weight is 853 g/mol. The minimum Gasteiger partial charge on any atom is -0.366 e. The highest BCUT2D eigenvalue weighted by molar-refractivity contribution is 7.22. The lowest BCUT2D eigenvalue weighted by Crippen LogP contribution is -2.46. The fourth-order valence-electron chi connectivity index (χ4n) is 8.86. The van der Waals surface area contributed by atoms with Gasteiger partial charge in [0.25, 0.3) is 12.3 Å². The van der Waals surface area contributed by atoms with E-state index in [0.29, 0.717) is 76.4 Å². The van der Waals surface area contributed by atoms with E-state index in [0.717, 1.165) is 54.1 Å². The summed E-state index contributed by atoms with van der Waals surface area (Å²) in [7, 11) is 0. The molecule has 0 radical (unpaired) electrons. The number of aromatic nitrogens is 6. The van der Waals surface area contributed by atoms with E-state index in [-0.39, 0.29) is 34.9 Å². The molecule has 10 rings (SSSR count). The van der Waals surface area contributed by atoms with E-state index in [1.165, 1.54) is 28.2 Å². The number of hydrogen-bond donors (Lipinski definition) is 3. The lowest BCUT2D eigenvalue weighted by Gasteiger charge is -2.34. The number of thiazole rings is 1. The number of hydrogen-bond acceptors (Lipinski definition) is 9. The van der Waals surface area contributed by atoms with Crippen LogP contribution in [0.25, 0.3) is 32.5 Å². The summed E-state index contributed by atoms with van der Waals surface area (Å²) in [5.41, 5.74) is 9.23. The van der Waals surface area contributed by atoms with E-state index in [9.17, 15) is 31.5 Å². The summed E-state index contributed by atoms with van der Waals surface area (Å²) >= 11 is 1.38. The SMILES string of the molecule is NC(=O)c1cc(-c2cc3sc(N4CCN(c5nc6ccccc6[nH]5)CC4)nc3nc2[C@H](Cc2cc(F)cc(F)c2)NC(=O)Cn2nc(C(F)F)c3c2C2C[C@H]2CC3)ccc1F. The van der Waals surface area contributed by atoms with Gasteiger partial charge >= 0.3 is 0 Å². The summed E-state index contributed by atoms with van der Waals surface area (Å²) in [6.45, 7) is 2.15. The minimum atomic E-state index is -2.81. The second-order valence-corrected chi connectivity index (χ2v) is 16.8. The zero-order valence-corrected chi connectivity index (χ0v) is 33.2. The van der Waals surface area contributed by atoms with E-state index in [1.54, 1.807) is 6.07 Å². The zero-order valence-electron chi connectivity index (χ0n) is 32.3. The number of nitrogens with one attached hydrogen (secondary N) is 2. The molecule has 1 aliphatic heterocycles. The van der Waals surface area contributed by atoms with Gasteiger partial charge in [0.05, 0.1) is 33.0 Å². The predicted molar refractivity (Wildman–Crippen MR) is 219 cm³/mol. The second-order valence-electron chi connectivity index (χ2n) is 15.8. The van der Waals surface area contributed by atoms with Crippen molar-refractivity contribution in [2.45, 2.75) is 50.6 Å². The van der Waals surface area contributed by atoms with Crippen LogP contribution in [0.1, 0.15) is 69.8 Å². The smallest absolute Gasteiger partial charge is 0.282 e. The molecule has 3 aliphatic rings. The highest BCUT2D eigenvalue weighted by Crippen LogP contribution is 2.55. The molecule has 1 unspecified atom stereocenters. The largest absolute Gasteiger partial charge is 0.366 e. The van der Waals surface area contributed by atoms with Crippen molar-refractivity contribution in [1.82, 2.24) is 35.0 Å². The molecule has 3 atom stereocenters. The molecule has 0 bridgehead atoms. The number of carbonyl (C=O) groups excluding carboxylic acids is 2. The number of pyridine rings is 1. The lowest BCUT2D eigenvalue weighted by molar-refractivity contribution is -0.122. The van der Waals surface area contributed by atoms with Gasteiger partial charge in [-0.1, -0.05) is 29.5 Å². The van der Waals surface area contributed by atoms with Crippen molar-refractivity contribution in [1.29, 1.82) is 0 Å². The molecule has 2 fully saturated rings. The summed E-state index contributed by atoms with van der Waals surface area (Å²) in [4.78, 5) is 48.8. The molecule has 4 N–H and O–H groups in total. The van der Waals surface area contributed by atoms with E-state index in [4.69, 9.17) is 20.7 Å². The number of nitrogens with zero attached hydrogens (tertiary/aromatic N) is 7. The van der Waals surface area contributed by atoms with E-state index in [1.807, 2.05) is 24.3 Å². The number of rotatable bonds is 11. The number of H-pyrrole nitrogens is 1. The van der Waals surface area contributed by atoms with Crippen LogP contribution in [-0.2, 0) is 24.2 Å². The van der Waals surface area contributed by atoms with Gasteiger partial charge in [-0.15, -0.1) is 0 Å². The third kappa shape index (κ3) is 7.42. The Morgan fingerprint density at radius 3 is 2.44 bits per heavy atom. The Morgan fingerprint density at radius 2 is 1.69 bits per heavy atom. The molecule has 61 heavy (non-hydrogen) atoms. The van der Waals surface area contributed by atoms with Crippen LogP contribution in [0.5, 0.6) is 0 Å². The quantitative estimate of drug-likeness (QED) is 0.114. The van der Waals surface area contributed by atoms with E-state index < -0.39 is 48.3 Å². The number of anilines is 2. The van der Waals surface area contributed by atoms with Gasteiger partial charge in [-0.2, -0.15) is 10.1 Å². The van der Waals surface area contributed by atoms with Crippen LogP contribution in [0, 0.1) is 23.4 Å². The van der Waals surface area contributed by atoms with Crippen LogP contribution in [0.2, 0.25) is 0 Å². The molecule has 312 valence electrons. The summed E-state index contributed by atoms with van der Waals surface area (Å²) < 4.78 is 74.5. The normalized spacial score (nSPS) is 17.8. The van der Waals surface area contributed by atoms with Crippen LogP contribution in [-0.4, -0.2) is 67.7 Å². The third-order valence-corrected chi connectivity index (χ3v) is 12.9. The molecule has 3 aromatic carbocycles. The molecule has 5 heterocycles. The third-order valence-electron chi connectivity index (χ3n) is 11.9. The first kappa shape index (κ1) is 38.8. The fraction of sp³-hybridized carbons (Fsp3) is 0.302. The Morgan fingerprint density at radius 1 is 0.918 bits per heavy atom. The number of para-hydroxylation sites is 2. The van der Waals surface area contributed by atoms with Gasteiger partial charge in [0.15, 0.2) is 10.8 Å². The molecule has 18 heteroatoms. The number of carbonyl (C=O) groups is 2. The minimum absolute atomic E-state index is 0.0447. The van der Waals surface area contributed by atoms with Gasteiger partial charge in [-0.05, 0) is 85.2 Å². The highest BCUT2D eigenvalue weighted by atomic mass is 32.1. The monoisotopic (exact) mass is 852 g/mol. The van der Waals surface area contributed by atoms with Gasteiger partial charge in [-0.25, -0.2) is 31.9 Å². The van der Waals surface area contributed by atoms with Crippen molar-refractivity contribution in [3.63, 3.8) is 0 Å². The number of imidazole rings is 1. The van der Waals surface area contributed by atoms with Crippen LogP contribution >= 0.6 is 11.3 Å². The standard InChI is InChI=1S/C43H37F5N10O2S/c44-24-13-21(14-25(45)18-24)15-33(50-35(59)20-58-38-26(37(55-58)39(47)48)7-5-23-16-28(23)38)36-27(22-6-8-30(46)29(17-22)40(49)60)19-34-41(53-36)54-43(61-34)57-11-9-56(10-12-57)42-51-31-3-1-2-4-32(31)52-42/h1-4,6,8,13-14,17-19,23,28,33,39H,5,7,9-12,15-16,20H2,(H2,49,60)(H,50,59)(H,51,52)/t23-,28?,33+/m1/s1. The highest BCUT2D eigenvalue weighted by Gasteiger charge is 2.47. The van der Waals surface area contributed by atoms with Crippen molar-refractivity contribution >= 4 is 55.6 Å².